The lowest BCUT2D eigenvalue weighted by Crippen LogP contribution is -2.56. The first-order valence-corrected chi connectivity index (χ1v) is 8.29. The molecule has 0 aliphatic carbocycles. The van der Waals surface area contributed by atoms with Gasteiger partial charge in [-0.05, 0) is 30.3 Å². The van der Waals surface area contributed by atoms with Crippen molar-refractivity contribution in [2.24, 2.45) is 0 Å². The topological polar surface area (TPSA) is 55.9 Å². The van der Waals surface area contributed by atoms with Crippen molar-refractivity contribution in [2.45, 2.75) is 13.0 Å². The molecular formula is C20H18N4O2. The average Bonchev–Trinajstić information content (AvgIpc) is 2.98. The molecule has 0 saturated carbocycles. The van der Waals surface area contributed by atoms with Crippen molar-refractivity contribution in [3.8, 4) is 0 Å². The fourth-order valence-corrected chi connectivity index (χ4v) is 3.29. The number of carbonyl (C=O) groups is 2. The minimum atomic E-state index is -0.751. The molecule has 1 fully saturated rings. The van der Waals surface area contributed by atoms with Gasteiger partial charge in [-0.3, -0.25) is 20.0 Å². The van der Waals surface area contributed by atoms with E-state index >= 15 is 0 Å². The molecule has 6 heteroatoms. The largest absolute Gasteiger partial charge is 0.293 e. The number of carbonyl (C=O) groups excluding carboxylic acids is 2. The summed E-state index contributed by atoms with van der Waals surface area (Å²) in [5.74, 6) is -0.457. The van der Waals surface area contributed by atoms with E-state index in [-0.39, 0.29) is 11.8 Å². The third-order valence-electron chi connectivity index (χ3n) is 4.38. The summed E-state index contributed by atoms with van der Waals surface area (Å²) in [6.45, 7) is 5.52. The van der Waals surface area contributed by atoms with Crippen molar-refractivity contribution in [2.75, 3.05) is 10.0 Å². The lowest BCUT2D eigenvalue weighted by atomic mass is 10.1. The Morgan fingerprint density at radius 1 is 1.00 bits per heavy atom. The number of benzene rings is 2. The van der Waals surface area contributed by atoms with E-state index in [2.05, 4.69) is 12.0 Å². The number of hydrazine groups is 2. The van der Waals surface area contributed by atoms with E-state index in [4.69, 9.17) is 0 Å². The number of amides is 2. The summed E-state index contributed by atoms with van der Waals surface area (Å²) < 4.78 is 0. The second kappa shape index (κ2) is 6.07. The standard InChI is InChI=1S/C20H18N4O2/c1-14-13-18-19(20(26)22(21-18)16-9-5-3-6-10-16)24(15(2)25)23(14)17-11-7-4-8-12-17/h3-13,19,21H,1H2,2H3. The number of para-hydroxylation sites is 2. The molecule has 26 heavy (non-hydrogen) atoms. The third kappa shape index (κ3) is 2.43. The van der Waals surface area contributed by atoms with Gasteiger partial charge in [-0.2, -0.15) is 0 Å². The lowest BCUT2D eigenvalue weighted by Gasteiger charge is -2.41. The van der Waals surface area contributed by atoms with Gasteiger partial charge in [0.2, 0.25) is 5.91 Å². The first kappa shape index (κ1) is 16.0. The van der Waals surface area contributed by atoms with E-state index in [0.29, 0.717) is 17.1 Å². The van der Waals surface area contributed by atoms with Gasteiger partial charge in [0.1, 0.15) is 0 Å². The van der Waals surface area contributed by atoms with Crippen molar-refractivity contribution >= 4 is 23.2 Å². The highest BCUT2D eigenvalue weighted by molar-refractivity contribution is 6.04. The van der Waals surface area contributed by atoms with Crippen LogP contribution in [0.3, 0.4) is 0 Å². The molecule has 2 heterocycles. The van der Waals surface area contributed by atoms with Crippen molar-refractivity contribution < 1.29 is 9.59 Å². The number of anilines is 2. The van der Waals surface area contributed by atoms with Gasteiger partial charge in [0, 0.05) is 6.92 Å². The van der Waals surface area contributed by atoms with E-state index in [9.17, 15) is 9.59 Å². The van der Waals surface area contributed by atoms with Gasteiger partial charge in [0.15, 0.2) is 6.04 Å². The van der Waals surface area contributed by atoms with E-state index in [1.54, 1.807) is 11.1 Å². The predicted molar refractivity (Wildman–Crippen MR) is 99.5 cm³/mol. The van der Waals surface area contributed by atoms with Crippen LogP contribution < -0.4 is 15.4 Å². The molecule has 2 aliphatic rings. The number of nitrogens with one attached hydrogen (secondary N) is 1. The van der Waals surface area contributed by atoms with Gasteiger partial charge in [-0.1, -0.05) is 43.0 Å². The second-order valence-corrected chi connectivity index (χ2v) is 6.13. The smallest absolute Gasteiger partial charge is 0.276 e. The quantitative estimate of drug-likeness (QED) is 0.908. The molecular weight excluding hydrogens is 328 g/mol. The molecule has 1 unspecified atom stereocenters. The Morgan fingerprint density at radius 3 is 2.15 bits per heavy atom. The fraction of sp³-hybridized carbons (Fsp3) is 0.100. The van der Waals surface area contributed by atoms with Crippen LogP contribution in [0.4, 0.5) is 11.4 Å². The van der Waals surface area contributed by atoms with Crippen LogP contribution in [0.25, 0.3) is 0 Å². The first-order chi connectivity index (χ1) is 12.6. The molecule has 2 aliphatic heterocycles. The van der Waals surface area contributed by atoms with Gasteiger partial charge < -0.3 is 0 Å². The van der Waals surface area contributed by atoms with Crippen LogP contribution in [0, 0.1) is 0 Å². The van der Waals surface area contributed by atoms with Crippen molar-refractivity contribution in [3.05, 3.63) is 84.7 Å². The summed E-state index contributed by atoms with van der Waals surface area (Å²) in [4.78, 5) is 25.6. The Kier molecular flexibility index (Phi) is 3.73. The maximum Gasteiger partial charge on any atom is 0.276 e. The van der Waals surface area contributed by atoms with E-state index in [1.807, 2.05) is 60.7 Å². The number of hydrogen-bond donors (Lipinski definition) is 1. The molecule has 0 spiro atoms. The zero-order chi connectivity index (χ0) is 18.3. The van der Waals surface area contributed by atoms with Gasteiger partial charge in [-0.15, -0.1) is 0 Å². The van der Waals surface area contributed by atoms with Gasteiger partial charge in [0.25, 0.3) is 5.91 Å². The van der Waals surface area contributed by atoms with Gasteiger partial charge in [-0.25, -0.2) is 10.0 Å². The Morgan fingerprint density at radius 2 is 1.58 bits per heavy atom. The summed E-state index contributed by atoms with van der Waals surface area (Å²) in [5.41, 5.74) is 5.83. The van der Waals surface area contributed by atoms with Crippen LogP contribution in [-0.4, -0.2) is 22.9 Å². The summed E-state index contributed by atoms with van der Waals surface area (Å²) in [5, 5.41) is 4.60. The van der Waals surface area contributed by atoms with Crippen molar-refractivity contribution in [3.63, 3.8) is 0 Å². The number of hydrogen-bond acceptors (Lipinski definition) is 4. The van der Waals surface area contributed by atoms with Gasteiger partial charge >= 0.3 is 0 Å². The minimum Gasteiger partial charge on any atom is -0.293 e. The van der Waals surface area contributed by atoms with E-state index < -0.39 is 6.04 Å². The van der Waals surface area contributed by atoms with Crippen LogP contribution >= 0.6 is 0 Å². The predicted octanol–water partition coefficient (Wildman–Crippen LogP) is 2.59. The Hall–Kier alpha value is -3.54. The molecule has 2 aromatic rings. The third-order valence-corrected chi connectivity index (χ3v) is 4.38. The molecule has 0 radical (unpaired) electrons. The highest BCUT2D eigenvalue weighted by Gasteiger charge is 2.47. The fourth-order valence-electron chi connectivity index (χ4n) is 3.29. The molecule has 4 rings (SSSR count). The van der Waals surface area contributed by atoms with Crippen LogP contribution in [0.2, 0.25) is 0 Å². The van der Waals surface area contributed by atoms with E-state index in [0.717, 1.165) is 5.69 Å². The highest BCUT2D eigenvalue weighted by atomic mass is 16.2. The van der Waals surface area contributed by atoms with Crippen LogP contribution in [0.15, 0.2) is 84.7 Å². The van der Waals surface area contributed by atoms with Crippen molar-refractivity contribution in [1.29, 1.82) is 0 Å². The maximum absolute atomic E-state index is 13.1. The van der Waals surface area contributed by atoms with Crippen LogP contribution in [0.5, 0.6) is 0 Å². The molecule has 1 saturated heterocycles. The summed E-state index contributed by atoms with van der Waals surface area (Å²) >= 11 is 0. The minimum absolute atomic E-state index is 0.217. The maximum atomic E-state index is 13.1. The number of fused-ring (bicyclic) bond motifs is 1. The van der Waals surface area contributed by atoms with Crippen molar-refractivity contribution in [1.82, 2.24) is 10.4 Å². The Labute approximate surface area is 151 Å². The molecule has 1 N–H and O–H groups in total. The average molecular weight is 346 g/mol. The Bertz CT molecular complexity index is 908. The molecule has 6 nitrogen and oxygen atoms in total. The summed E-state index contributed by atoms with van der Waals surface area (Å²) in [7, 11) is 0. The Balaban J connectivity index is 1.78. The molecule has 2 aromatic carbocycles. The van der Waals surface area contributed by atoms with E-state index in [1.165, 1.54) is 16.9 Å². The number of rotatable bonds is 2. The zero-order valence-electron chi connectivity index (χ0n) is 14.3. The molecule has 0 aromatic heterocycles. The SMILES string of the molecule is C=C1C=C2NN(c3ccccc3)C(=O)C2N(C(C)=O)N1c1ccccc1. The lowest BCUT2D eigenvalue weighted by molar-refractivity contribution is -0.136. The van der Waals surface area contributed by atoms with Gasteiger partial charge in [0.05, 0.1) is 22.8 Å². The van der Waals surface area contributed by atoms with Crippen LogP contribution in [0.1, 0.15) is 6.92 Å². The summed E-state index contributed by atoms with van der Waals surface area (Å²) in [6, 6.07) is 17.9. The first-order valence-electron chi connectivity index (χ1n) is 8.29. The molecule has 0 bridgehead atoms. The highest BCUT2D eigenvalue weighted by Crippen LogP contribution is 2.34. The molecule has 2 amide bonds. The normalized spacial score (nSPS) is 19.2. The summed E-state index contributed by atoms with van der Waals surface area (Å²) in [6.07, 6.45) is 1.80. The molecule has 130 valence electrons. The monoisotopic (exact) mass is 346 g/mol. The molecule has 1 atom stereocenters. The number of allylic oxidation sites excluding steroid dienone is 1. The van der Waals surface area contributed by atoms with Crippen LogP contribution in [-0.2, 0) is 9.59 Å². The second-order valence-electron chi connectivity index (χ2n) is 6.13. The zero-order valence-corrected chi connectivity index (χ0v) is 14.3. The number of nitrogens with zero attached hydrogens (tertiary/aromatic N) is 3.